The Morgan fingerprint density at radius 2 is 1.36 bits per heavy atom. The molecule has 2 fully saturated rings. The molecule has 0 N–H and O–H groups in total. The summed E-state index contributed by atoms with van der Waals surface area (Å²) in [6.45, 7) is 5.78. The molecule has 25 heavy (non-hydrogen) atoms. The van der Waals surface area contributed by atoms with Crippen LogP contribution in [0.15, 0.2) is 18.3 Å². The quantitative estimate of drug-likeness (QED) is 0.755. The van der Waals surface area contributed by atoms with Crippen LogP contribution in [0.3, 0.4) is 0 Å². The lowest BCUT2D eigenvalue weighted by Crippen LogP contribution is -2.40. The molecule has 0 atom stereocenters. The fourth-order valence-electron chi connectivity index (χ4n) is 2.80. The van der Waals surface area contributed by atoms with Gasteiger partial charge in [-0.1, -0.05) is 11.6 Å². The molecular weight excluding hydrogens is 344 g/mol. The zero-order valence-electron chi connectivity index (χ0n) is 13.8. The van der Waals surface area contributed by atoms with E-state index in [4.69, 9.17) is 26.1 Å². The SMILES string of the molecule is Clc1ccc(-c2nc(N3CCOCC3)nc(N3CCOCC3)n2)cn1. The zero-order chi connectivity index (χ0) is 17.1. The highest BCUT2D eigenvalue weighted by molar-refractivity contribution is 6.29. The van der Waals surface area contributed by atoms with Gasteiger partial charge in [0.05, 0.1) is 26.4 Å². The van der Waals surface area contributed by atoms with Crippen molar-refractivity contribution in [1.82, 2.24) is 19.9 Å². The van der Waals surface area contributed by atoms with Crippen molar-refractivity contribution in [3.05, 3.63) is 23.5 Å². The maximum absolute atomic E-state index is 5.90. The van der Waals surface area contributed by atoms with Gasteiger partial charge in [0.15, 0.2) is 5.82 Å². The number of rotatable bonds is 3. The van der Waals surface area contributed by atoms with Gasteiger partial charge in [0.1, 0.15) is 5.15 Å². The summed E-state index contributed by atoms with van der Waals surface area (Å²) in [6.07, 6.45) is 1.68. The smallest absolute Gasteiger partial charge is 0.230 e. The molecule has 9 heteroatoms. The monoisotopic (exact) mass is 362 g/mol. The van der Waals surface area contributed by atoms with Crippen LogP contribution >= 0.6 is 11.6 Å². The van der Waals surface area contributed by atoms with Crippen LogP contribution in [0.5, 0.6) is 0 Å². The van der Waals surface area contributed by atoms with Gasteiger partial charge in [-0.3, -0.25) is 0 Å². The van der Waals surface area contributed by atoms with Gasteiger partial charge in [0, 0.05) is 37.9 Å². The van der Waals surface area contributed by atoms with Crippen molar-refractivity contribution in [2.24, 2.45) is 0 Å². The van der Waals surface area contributed by atoms with Gasteiger partial charge in [-0.2, -0.15) is 15.0 Å². The van der Waals surface area contributed by atoms with Crippen molar-refractivity contribution in [2.45, 2.75) is 0 Å². The molecule has 4 heterocycles. The summed E-state index contributed by atoms with van der Waals surface area (Å²) in [5, 5.41) is 0.444. The molecule has 0 saturated carbocycles. The molecule has 0 spiro atoms. The third-order valence-corrected chi connectivity index (χ3v) is 4.41. The number of ether oxygens (including phenoxy) is 2. The molecule has 2 saturated heterocycles. The van der Waals surface area contributed by atoms with Crippen molar-refractivity contribution >= 4 is 23.5 Å². The van der Waals surface area contributed by atoms with Crippen LogP contribution in [0, 0.1) is 0 Å². The third kappa shape index (κ3) is 3.81. The third-order valence-electron chi connectivity index (χ3n) is 4.19. The highest BCUT2D eigenvalue weighted by Crippen LogP contribution is 2.23. The van der Waals surface area contributed by atoms with E-state index in [0.29, 0.717) is 49.3 Å². The van der Waals surface area contributed by atoms with E-state index in [1.54, 1.807) is 12.3 Å². The lowest BCUT2D eigenvalue weighted by Gasteiger charge is -2.30. The van der Waals surface area contributed by atoms with Crippen LogP contribution in [0.1, 0.15) is 0 Å². The molecule has 0 amide bonds. The molecule has 0 aromatic carbocycles. The van der Waals surface area contributed by atoms with E-state index in [-0.39, 0.29) is 0 Å². The maximum Gasteiger partial charge on any atom is 0.230 e. The molecule has 2 aliphatic rings. The first-order chi connectivity index (χ1) is 12.3. The molecule has 2 aromatic heterocycles. The van der Waals surface area contributed by atoms with Crippen molar-refractivity contribution in [1.29, 1.82) is 0 Å². The van der Waals surface area contributed by atoms with Gasteiger partial charge in [0.25, 0.3) is 0 Å². The number of aromatic nitrogens is 4. The fourth-order valence-corrected chi connectivity index (χ4v) is 2.91. The largest absolute Gasteiger partial charge is 0.378 e. The van der Waals surface area contributed by atoms with Crippen LogP contribution in [-0.4, -0.2) is 72.5 Å². The topological polar surface area (TPSA) is 76.5 Å². The molecular formula is C16H19ClN6O2. The van der Waals surface area contributed by atoms with E-state index in [1.165, 1.54) is 0 Å². The lowest BCUT2D eigenvalue weighted by molar-refractivity contribution is 0.121. The summed E-state index contributed by atoms with van der Waals surface area (Å²) in [4.78, 5) is 22.4. The van der Waals surface area contributed by atoms with E-state index < -0.39 is 0 Å². The summed E-state index contributed by atoms with van der Waals surface area (Å²) in [5.41, 5.74) is 0.816. The van der Waals surface area contributed by atoms with Crippen molar-refractivity contribution in [3.8, 4) is 11.4 Å². The van der Waals surface area contributed by atoms with Gasteiger partial charge < -0.3 is 19.3 Å². The Kier molecular flexibility index (Phi) is 4.91. The molecule has 132 valence electrons. The summed E-state index contributed by atoms with van der Waals surface area (Å²) >= 11 is 5.90. The van der Waals surface area contributed by atoms with Crippen molar-refractivity contribution < 1.29 is 9.47 Å². The Bertz CT molecular complexity index is 681. The minimum Gasteiger partial charge on any atom is -0.378 e. The highest BCUT2D eigenvalue weighted by Gasteiger charge is 2.21. The number of halogens is 1. The Labute approximate surface area is 150 Å². The summed E-state index contributed by atoms with van der Waals surface area (Å²) in [7, 11) is 0. The van der Waals surface area contributed by atoms with Gasteiger partial charge in [-0.05, 0) is 12.1 Å². The second-order valence-corrected chi connectivity index (χ2v) is 6.21. The molecule has 4 rings (SSSR count). The molecule has 2 aromatic rings. The second kappa shape index (κ2) is 7.47. The minimum atomic E-state index is 0.444. The van der Waals surface area contributed by atoms with Gasteiger partial charge in [-0.25, -0.2) is 4.98 Å². The number of pyridine rings is 1. The van der Waals surface area contributed by atoms with Crippen molar-refractivity contribution in [2.75, 3.05) is 62.4 Å². The average Bonchev–Trinajstić information content (AvgIpc) is 2.69. The van der Waals surface area contributed by atoms with E-state index >= 15 is 0 Å². The normalized spacial score (nSPS) is 18.4. The maximum atomic E-state index is 5.90. The second-order valence-electron chi connectivity index (χ2n) is 5.83. The van der Waals surface area contributed by atoms with Crippen LogP contribution in [-0.2, 0) is 9.47 Å². The van der Waals surface area contributed by atoms with E-state index in [9.17, 15) is 0 Å². The van der Waals surface area contributed by atoms with Gasteiger partial charge >= 0.3 is 0 Å². The standard InChI is InChI=1S/C16H19ClN6O2/c17-13-2-1-12(11-18-13)14-19-15(22-3-7-24-8-4-22)21-16(20-14)23-5-9-25-10-6-23/h1-2,11H,3-10H2. The highest BCUT2D eigenvalue weighted by atomic mass is 35.5. The van der Waals surface area contributed by atoms with Crippen LogP contribution < -0.4 is 9.80 Å². The molecule has 0 unspecified atom stereocenters. The van der Waals surface area contributed by atoms with Gasteiger partial charge in [0.2, 0.25) is 11.9 Å². The van der Waals surface area contributed by atoms with Crippen molar-refractivity contribution in [3.63, 3.8) is 0 Å². The number of anilines is 2. The summed E-state index contributed by atoms with van der Waals surface area (Å²) in [6, 6.07) is 3.61. The number of nitrogens with zero attached hydrogens (tertiary/aromatic N) is 6. The lowest BCUT2D eigenvalue weighted by atomic mass is 10.3. The minimum absolute atomic E-state index is 0.444. The molecule has 2 aliphatic heterocycles. The Balaban J connectivity index is 1.72. The molecule has 0 radical (unpaired) electrons. The Hall–Kier alpha value is -2.03. The van der Waals surface area contributed by atoms with Crippen LogP contribution in [0.4, 0.5) is 11.9 Å². The first-order valence-electron chi connectivity index (χ1n) is 8.33. The average molecular weight is 363 g/mol. The van der Waals surface area contributed by atoms with Gasteiger partial charge in [-0.15, -0.1) is 0 Å². The molecule has 8 nitrogen and oxygen atoms in total. The number of hydrogen-bond donors (Lipinski definition) is 0. The predicted octanol–water partition coefficient (Wildman–Crippen LogP) is 1.26. The zero-order valence-corrected chi connectivity index (χ0v) is 14.5. The summed E-state index contributed by atoms with van der Waals surface area (Å²) in [5.74, 6) is 1.94. The Morgan fingerprint density at radius 1 is 0.800 bits per heavy atom. The van der Waals surface area contributed by atoms with Crippen LogP contribution in [0.25, 0.3) is 11.4 Å². The molecule has 0 aliphatic carbocycles. The first-order valence-corrected chi connectivity index (χ1v) is 8.71. The number of morpholine rings is 2. The van der Waals surface area contributed by atoms with Crippen LogP contribution in [0.2, 0.25) is 5.15 Å². The first kappa shape index (κ1) is 16.4. The predicted molar refractivity (Wildman–Crippen MR) is 94.1 cm³/mol. The Morgan fingerprint density at radius 3 is 1.84 bits per heavy atom. The molecule has 0 bridgehead atoms. The van der Waals surface area contributed by atoms with E-state index in [1.807, 2.05) is 6.07 Å². The van der Waals surface area contributed by atoms with E-state index in [0.717, 1.165) is 31.7 Å². The number of hydrogen-bond acceptors (Lipinski definition) is 8. The fraction of sp³-hybridized carbons (Fsp3) is 0.500. The summed E-state index contributed by atoms with van der Waals surface area (Å²) < 4.78 is 10.9. The van der Waals surface area contributed by atoms with E-state index in [2.05, 4.69) is 24.8 Å².